The predicted octanol–water partition coefficient (Wildman–Crippen LogP) is 3.35. The van der Waals surface area contributed by atoms with Gasteiger partial charge in [-0.1, -0.05) is 39.0 Å². The molecule has 0 atom stereocenters. The van der Waals surface area contributed by atoms with E-state index >= 15 is 0 Å². The Labute approximate surface area is 133 Å². The van der Waals surface area contributed by atoms with Crippen LogP contribution in [0.4, 0.5) is 5.69 Å². The van der Waals surface area contributed by atoms with Crippen LogP contribution >= 0.6 is 0 Å². The number of hydrogen-bond donors (Lipinski definition) is 1. The SMILES string of the molecule is C=CCN(CCC(=O)Nc1ccc(C(C)(C)C)cc1)C(C)=O. The minimum atomic E-state index is -0.0983. The Balaban J connectivity index is 2.55. The van der Waals surface area contributed by atoms with Crippen molar-refractivity contribution in [3.63, 3.8) is 0 Å². The number of hydrogen-bond acceptors (Lipinski definition) is 2. The fourth-order valence-corrected chi connectivity index (χ4v) is 2.05. The number of anilines is 1. The lowest BCUT2D eigenvalue weighted by Gasteiger charge is -2.20. The lowest BCUT2D eigenvalue weighted by Crippen LogP contribution is -2.32. The van der Waals surface area contributed by atoms with Gasteiger partial charge in [-0.3, -0.25) is 9.59 Å². The molecule has 120 valence electrons. The van der Waals surface area contributed by atoms with Crippen LogP contribution in [-0.4, -0.2) is 29.8 Å². The normalized spacial score (nSPS) is 10.9. The quantitative estimate of drug-likeness (QED) is 0.819. The Morgan fingerprint density at radius 3 is 2.27 bits per heavy atom. The van der Waals surface area contributed by atoms with Gasteiger partial charge in [-0.05, 0) is 23.1 Å². The number of benzene rings is 1. The van der Waals surface area contributed by atoms with E-state index in [1.54, 1.807) is 11.0 Å². The van der Waals surface area contributed by atoms with Gasteiger partial charge in [0.05, 0.1) is 0 Å². The molecule has 0 aliphatic rings. The van der Waals surface area contributed by atoms with Crippen LogP contribution in [0, 0.1) is 0 Å². The Kier molecular flexibility index (Phi) is 6.35. The van der Waals surface area contributed by atoms with Crippen molar-refractivity contribution in [3.05, 3.63) is 42.5 Å². The molecule has 0 aliphatic heterocycles. The van der Waals surface area contributed by atoms with Crippen LogP contribution in [-0.2, 0) is 15.0 Å². The number of amides is 2. The molecule has 2 amide bonds. The summed E-state index contributed by atoms with van der Waals surface area (Å²) < 4.78 is 0. The molecule has 0 saturated carbocycles. The zero-order chi connectivity index (χ0) is 16.8. The lowest BCUT2D eigenvalue weighted by molar-refractivity contribution is -0.128. The first-order chi connectivity index (χ1) is 10.2. The second kappa shape index (κ2) is 7.78. The lowest BCUT2D eigenvalue weighted by atomic mass is 9.87. The highest BCUT2D eigenvalue weighted by Gasteiger charge is 2.13. The van der Waals surface area contributed by atoms with Crippen LogP contribution < -0.4 is 5.32 Å². The average molecular weight is 302 g/mol. The van der Waals surface area contributed by atoms with E-state index in [-0.39, 0.29) is 23.7 Å². The fraction of sp³-hybridized carbons (Fsp3) is 0.444. The van der Waals surface area contributed by atoms with Gasteiger partial charge in [0.1, 0.15) is 0 Å². The molecule has 0 fully saturated rings. The number of nitrogens with zero attached hydrogens (tertiary/aromatic N) is 1. The second-order valence-corrected chi connectivity index (χ2v) is 6.38. The molecule has 0 aliphatic carbocycles. The molecule has 1 rings (SSSR count). The van der Waals surface area contributed by atoms with Gasteiger partial charge >= 0.3 is 0 Å². The monoisotopic (exact) mass is 302 g/mol. The molecular formula is C18H26N2O2. The molecule has 0 heterocycles. The van der Waals surface area contributed by atoms with Gasteiger partial charge in [-0.25, -0.2) is 0 Å². The summed E-state index contributed by atoms with van der Waals surface area (Å²) in [6, 6.07) is 7.86. The van der Waals surface area contributed by atoms with E-state index in [4.69, 9.17) is 0 Å². The number of carbonyl (C=O) groups excluding carboxylic acids is 2. The molecule has 0 spiro atoms. The molecule has 0 unspecified atom stereocenters. The van der Waals surface area contributed by atoms with Crippen molar-refractivity contribution in [2.45, 2.75) is 39.5 Å². The molecule has 1 aromatic carbocycles. The number of carbonyl (C=O) groups is 2. The van der Waals surface area contributed by atoms with Gasteiger partial charge in [0.25, 0.3) is 0 Å². The summed E-state index contributed by atoms with van der Waals surface area (Å²) in [5.41, 5.74) is 2.09. The maximum atomic E-state index is 12.0. The second-order valence-electron chi connectivity index (χ2n) is 6.38. The predicted molar refractivity (Wildman–Crippen MR) is 90.8 cm³/mol. The molecular weight excluding hydrogens is 276 g/mol. The van der Waals surface area contributed by atoms with E-state index in [1.165, 1.54) is 12.5 Å². The zero-order valence-electron chi connectivity index (χ0n) is 14.0. The van der Waals surface area contributed by atoms with Crippen LogP contribution in [0.1, 0.15) is 39.7 Å². The van der Waals surface area contributed by atoms with Crippen molar-refractivity contribution in [2.75, 3.05) is 18.4 Å². The maximum absolute atomic E-state index is 12.0. The van der Waals surface area contributed by atoms with Crippen molar-refractivity contribution in [1.29, 1.82) is 0 Å². The van der Waals surface area contributed by atoms with Crippen LogP contribution in [0.2, 0.25) is 0 Å². The first-order valence-corrected chi connectivity index (χ1v) is 7.51. The van der Waals surface area contributed by atoms with Gasteiger partial charge in [-0.15, -0.1) is 6.58 Å². The van der Waals surface area contributed by atoms with Crippen molar-refractivity contribution >= 4 is 17.5 Å². The highest BCUT2D eigenvalue weighted by Crippen LogP contribution is 2.23. The summed E-state index contributed by atoms with van der Waals surface area (Å²) >= 11 is 0. The summed E-state index contributed by atoms with van der Waals surface area (Å²) in [6.07, 6.45) is 1.93. The molecule has 1 N–H and O–H groups in total. The zero-order valence-corrected chi connectivity index (χ0v) is 14.0. The molecule has 4 nitrogen and oxygen atoms in total. The largest absolute Gasteiger partial charge is 0.339 e. The van der Waals surface area contributed by atoms with Crippen molar-refractivity contribution < 1.29 is 9.59 Å². The fourth-order valence-electron chi connectivity index (χ4n) is 2.05. The van der Waals surface area contributed by atoms with Gasteiger partial charge in [0.2, 0.25) is 11.8 Å². The van der Waals surface area contributed by atoms with E-state index in [2.05, 4.69) is 32.7 Å². The van der Waals surface area contributed by atoms with Crippen LogP contribution in [0.15, 0.2) is 36.9 Å². The van der Waals surface area contributed by atoms with Gasteiger partial charge < -0.3 is 10.2 Å². The van der Waals surface area contributed by atoms with Crippen LogP contribution in [0.25, 0.3) is 0 Å². The summed E-state index contributed by atoms with van der Waals surface area (Å²) in [5, 5.41) is 2.85. The number of nitrogens with one attached hydrogen (secondary N) is 1. The van der Waals surface area contributed by atoms with Gasteiger partial charge in [0.15, 0.2) is 0 Å². The summed E-state index contributed by atoms with van der Waals surface area (Å²) in [6.45, 7) is 12.4. The van der Waals surface area contributed by atoms with Gasteiger partial charge in [0, 0.05) is 32.1 Å². The third-order valence-electron chi connectivity index (χ3n) is 3.44. The maximum Gasteiger partial charge on any atom is 0.226 e. The third kappa shape index (κ3) is 5.72. The van der Waals surface area contributed by atoms with E-state index in [1.807, 2.05) is 24.3 Å². The van der Waals surface area contributed by atoms with E-state index < -0.39 is 0 Å². The van der Waals surface area contributed by atoms with E-state index in [9.17, 15) is 9.59 Å². The number of rotatable bonds is 6. The Morgan fingerprint density at radius 1 is 1.23 bits per heavy atom. The van der Waals surface area contributed by atoms with Crippen molar-refractivity contribution in [3.8, 4) is 0 Å². The van der Waals surface area contributed by atoms with Crippen LogP contribution in [0.5, 0.6) is 0 Å². The summed E-state index contributed by atoms with van der Waals surface area (Å²) in [4.78, 5) is 24.9. The van der Waals surface area contributed by atoms with E-state index in [0.29, 0.717) is 13.1 Å². The summed E-state index contributed by atoms with van der Waals surface area (Å²) in [7, 11) is 0. The molecule has 22 heavy (non-hydrogen) atoms. The first-order valence-electron chi connectivity index (χ1n) is 7.51. The highest BCUT2D eigenvalue weighted by atomic mass is 16.2. The van der Waals surface area contributed by atoms with Crippen molar-refractivity contribution in [2.24, 2.45) is 0 Å². The first kappa shape index (κ1) is 18.0. The Hall–Kier alpha value is -2.10. The van der Waals surface area contributed by atoms with Crippen molar-refractivity contribution in [1.82, 2.24) is 4.90 Å². The molecule has 4 heteroatoms. The summed E-state index contributed by atoms with van der Waals surface area (Å²) in [5.74, 6) is -0.152. The van der Waals surface area contributed by atoms with Gasteiger partial charge in [-0.2, -0.15) is 0 Å². The Morgan fingerprint density at radius 2 is 1.82 bits per heavy atom. The molecule has 0 aromatic heterocycles. The highest BCUT2D eigenvalue weighted by molar-refractivity contribution is 5.91. The van der Waals surface area contributed by atoms with E-state index in [0.717, 1.165) is 5.69 Å². The molecule has 0 saturated heterocycles. The molecule has 1 aromatic rings. The molecule has 0 radical (unpaired) electrons. The average Bonchev–Trinajstić information content (AvgIpc) is 2.42. The minimum absolute atomic E-state index is 0.0535. The molecule has 0 bridgehead atoms. The third-order valence-corrected chi connectivity index (χ3v) is 3.44. The smallest absolute Gasteiger partial charge is 0.226 e. The van der Waals surface area contributed by atoms with Crippen LogP contribution in [0.3, 0.4) is 0 Å². The topological polar surface area (TPSA) is 49.4 Å². The standard InChI is InChI=1S/C18H26N2O2/c1-6-12-20(14(2)21)13-11-17(22)19-16-9-7-15(8-10-16)18(3,4)5/h6-10H,1,11-13H2,2-5H3,(H,19,22). The Bertz CT molecular complexity index is 527. The minimum Gasteiger partial charge on any atom is -0.339 e.